The highest BCUT2D eigenvalue weighted by Crippen LogP contribution is 2.29. The predicted octanol–water partition coefficient (Wildman–Crippen LogP) is 4.37. The molecule has 0 aliphatic rings. The number of hydrogen-bond acceptors (Lipinski definition) is 4. The molecule has 0 fully saturated rings. The summed E-state index contributed by atoms with van der Waals surface area (Å²) in [7, 11) is -1.07. The number of aromatic nitrogens is 2. The first-order valence-electron chi connectivity index (χ1n) is 9.07. The lowest BCUT2D eigenvalue weighted by molar-refractivity contribution is 0.0791. The van der Waals surface area contributed by atoms with Crippen LogP contribution in [0.2, 0.25) is 25.7 Å². The zero-order chi connectivity index (χ0) is 18.7. The Balaban J connectivity index is 1.78. The van der Waals surface area contributed by atoms with Crippen molar-refractivity contribution in [2.75, 3.05) is 13.2 Å². The van der Waals surface area contributed by atoms with Crippen LogP contribution in [0, 0.1) is 6.92 Å². The van der Waals surface area contributed by atoms with Crippen LogP contribution in [-0.2, 0) is 11.5 Å². The molecule has 1 atom stereocenters. The topological polar surface area (TPSA) is 60.4 Å². The van der Waals surface area contributed by atoms with Gasteiger partial charge in [0.25, 0.3) is 0 Å². The Bertz CT molecular complexity index is 850. The lowest BCUT2D eigenvalue weighted by atomic mass is 9.94. The second-order valence-corrected chi connectivity index (χ2v) is 13.7. The van der Waals surface area contributed by atoms with Gasteiger partial charge in [0.15, 0.2) is 0 Å². The Kier molecular flexibility index (Phi) is 5.65. The van der Waals surface area contributed by atoms with Crippen LogP contribution >= 0.6 is 0 Å². The number of aryl methyl sites for hydroxylation is 1. The van der Waals surface area contributed by atoms with Crippen LogP contribution in [0.3, 0.4) is 0 Å². The summed E-state index contributed by atoms with van der Waals surface area (Å²) in [6.45, 7) is 10.3. The molecule has 0 radical (unpaired) electrons. The molecule has 0 bridgehead atoms. The monoisotopic (exact) mass is 372 g/mol. The Morgan fingerprint density at radius 1 is 1.31 bits per heavy atom. The van der Waals surface area contributed by atoms with Crippen molar-refractivity contribution < 1.29 is 14.3 Å². The lowest BCUT2D eigenvalue weighted by Gasteiger charge is -2.15. The SMILES string of the molecule is Cc1cc(C(CO)c2ccco2)cc2cn(COCC[Si](C)(C)C)nc12. The van der Waals surface area contributed by atoms with Crippen molar-refractivity contribution in [1.82, 2.24) is 9.78 Å². The summed E-state index contributed by atoms with van der Waals surface area (Å²) in [4.78, 5) is 0. The van der Waals surface area contributed by atoms with E-state index in [0.717, 1.165) is 40.4 Å². The van der Waals surface area contributed by atoms with Crippen LogP contribution in [-0.4, -0.2) is 36.2 Å². The third kappa shape index (κ3) is 4.44. The molecule has 0 amide bonds. The molecule has 1 aromatic carbocycles. The minimum Gasteiger partial charge on any atom is -0.469 e. The number of nitrogens with zero attached hydrogens (tertiary/aromatic N) is 2. The number of aliphatic hydroxyl groups is 1. The molecular formula is C20H28N2O3Si. The number of furan rings is 1. The molecule has 5 nitrogen and oxygen atoms in total. The van der Waals surface area contributed by atoms with Gasteiger partial charge in [-0.05, 0) is 42.3 Å². The fourth-order valence-electron chi connectivity index (χ4n) is 3.04. The van der Waals surface area contributed by atoms with Gasteiger partial charge in [0.2, 0.25) is 0 Å². The van der Waals surface area contributed by atoms with E-state index in [1.54, 1.807) is 6.26 Å². The Morgan fingerprint density at radius 2 is 2.12 bits per heavy atom. The third-order valence-electron chi connectivity index (χ3n) is 4.56. The molecule has 1 N–H and O–H groups in total. The van der Waals surface area contributed by atoms with E-state index in [2.05, 4.69) is 36.9 Å². The van der Waals surface area contributed by atoms with E-state index < -0.39 is 8.07 Å². The molecule has 0 spiro atoms. The van der Waals surface area contributed by atoms with Crippen molar-refractivity contribution in [1.29, 1.82) is 0 Å². The number of ether oxygens (including phenoxy) is 1. The molecule has 3 rings (SSSR count). The maximum absolute atomic E-state index is 9.83. The maximum Gasteiger partial charge on any atom is 0.139 e. The van der Waals surface area contributed by atoms with Crippen LogP contribution in [0.25, 0.3) is 10.9 Å². The zero-order valence-corrected chi connectivity index (χ0v) is 17.0. The molecule has 0 aliphatic carbocycles. The van der Waals surface area contributed by atoms with Gasteiger partial charge in [0.05, 0.1) is 24.3 Å². The Hall–Kier alpha value is -1.89. The second-order valence-electron chi connectivity index (χ2n) is 8.04. The van der Waals surface area contributed by atoms with Crippen molar-refractivity contribution >= 4 is 19.0 Å². The summed E-state index contributed by atoms with van der Waals surface area (Å²) in [5.41, 5.74) is 3.09. The average Bonchev–Trinajstić information content (AvgIpc) is 3.21. The van der Waals surface area contributed by atoms with Gasteiger partial charge in [-0.1, -0.05) is 25.7 Å². The van der Waals surface area contributed by atoms with Gasteiger partial charge < -0.3 is 14.3 Å². The molecule has 0 saturated heterocycles. The van der Waals surface area contributed by atoms with Gasteiger partial charge in [-0.15, -0.1) is 0 Å². The smallest absolute Gasteiger partial charge is 0.139 e. The number of rotatable bonds is 8. The quantitative estimate of drug-likeness (QED) is 0.471. The fraction of sp³-hybridized carbons (Fsp3) is 0.450. The summed E-state index contributed by atoms with van der Waals surface area (Å²) >= 11 is 0. The van der Waals surface area contributed by atoms with E-state index in [4.69, 9.17) is 9.15 Å². The highest BCUT2D eigenvalue weighted by molar-refractivity contribution is 6.76. The van der Waals surface area contributed by atoms with Gasteiger partial charge in [0.1, 0.15) is 12.5 Å². The van der Waals surface area contributed by atoms with E-state index in [1.165, 1.54) is 0 Å². The first kappa shape index (κ1) is 18.9. The zero-order valence-electron chi connectivity index (χ0n) is 16.0. The van der Waals surface area contributed by atoms with E-state index in [0.29, 0.717) is 6.73 Å². The lowest BCUT2D eigenvalue weighted by Crippen LogP contribution is -2.22. The number of aliphatic hydroxyl groups excluding tert-OH is 1. The first-order chi connectivity index (χ1) is 12.4. The average molecular weight is 373 g/mol. The summed E-state index contributed by atoms with van der Waals surface area (Å²) in [6.07, 6.45) is 3.65. The molecule has 2 heterocycles. The first-order valence-corrected chi connectivity index (χ1v) is 12.8. The van der Waals surface area contributed by atoms with Crippen LogP contribution < -0.4 is 0 Å². The van der Waals surface area contributed by atoms with Gasteiger partial charge in [-0.25, -0.2) is 4.68 Å². The minimum atomic E-state index is -1.07. The summed E-state index contributed by atoms with van der Waals surface area (Å²) in [6, 6.07) is 9.06. The molecule has 140 valence electrons. The minimum absolute atomic E-state index is 0.00635. The van der Waals surface area contributed by atoms with Crippen molar-refractivity contribution in [3.05, 3.63) is 53.6 Å². The largest absolute Gasteiger partial charge is 0.469 e. The van der Waals surface area contributed by atoms with E-state index in [-0.39, 0.29) is 12.5 Å². The predicted molar refractivity (Wildman–Crippen MR) is 106 cm³/mol. The molecule has 26 heavy (non-hydrogen) atoms. The second kappa shape index (κ2) is 7.78. The summed E-state index contributed by atoms with van der Waals surface area (Å²) in [5, 5.41) is 15.5. The van der Waals surface area contributed by atoms with E-state index in [9.17, 15) is 5.11 Å². The molecule has 0 saturated carbocycles. The van der Waals surface area contributed by atoms with Crippen LogP contribution in [0.5, 0.6) is 0 Å². The maximum atomic E-state index is 9.83. The van der Waals surface area contributed by atoms with Crippen molar-refractivity contribution in [2.24, 2.45) is 0 Å². The van der Waals surface area contributed by atoms with Gasteiger partial charge in [-0.3, -0.25) is 0 Å². The highest BCUT2D eigenvalue weighted by Gasteiger charge is 2.18. The Labute approximate surface area is 155 Å². The van der Waals surface area contributed by atoms with Crippen molar-refractivity contribution in [2.45, 2.75) is 45.3 Å². The number of fused-ring (bicyclic) bond motifs is 1. The molecule has 6 heteroatoms. The highest BCUT2D eigenvalue weighted by atomic mass is 28.3. The summed E-state index contributed by atoms with van der Waals surface area (Å²) in [5.74, 6) is 0.609. The molecule has 1 unspecified atom stereocenters. The fourth-order valence-corrected chi connectivity index (χ4v) is 3.80. The van der Waals surface area contributed by atoms with Gasteiger partial charge in [0, 0.05) is 26.3 Å². The molecule has 2 aromatic heterocycles. The molecular weight excluding hydrogens is 344 g/mol. The van der Waals surface area contributed by atoms with Gasteiger partial charge in [-0.2, -0.15) is 5.10 Å². The van der Waals surface area contributed by atoms with Crippen LogP contribution in [0.4, 0.5) is 0 Å². The number of hydrogen-bond donors (Lipinski definition) is 1. The summed E-state index contributed by atoms with van der Waals surface area (Å²) < 4.78 is 13.2. The van der Waals surface area contributed by atoms with Crippen LogP contribution in [0.1, 0.15) is 22.8 Å². The molecule has 3 aromatic rings. The number of benzene rings is 1. The van der Waals surface area contributed by atoms with Crippen molar-refractivity contribution in [3.63, 3.8) is 0 Å². The van der Waals surface area contributed by atoms with E-state index in [1.807, 2.05) is 29.9 Å². The normalized spacial score (nSPS) is 13.4. The van der Waals surface area contributed by atoms with Crippen molar-refractivity contribution in [3.8, 4) is 0 Å². The van der Waals surface area contributed by atoms with E-state index >= 15 is 0 Å². The van der Waals surface area contributed by atoms with Gasteiger partial charge >= 0.3 is 0 Å². The Morgan fingerprint density at radius 3 is 2.77 bits per heavy atom. The molecule has 0 aliphatic heterocycles. The standard InChI is InChI=1S/C20H28N2O3Si/c1-15-10-16(18(13-23)19-6-5-7-25-19)11-17-12-22(21-20(15)17)14-24-8-9-26(2,3)4/h5-7,10-12,18,23H,8-9,13-14H2,1-4H3. The van der Waals surface area contributed by atoms with Crippen LogP contribution in [0.15, 0.2) is 41.1 Å². The third-order valence-corrected chi connectivity index (χ3v) is 6.26.